The quantitative estimate of drug-likeness (QED) is 0.503. The van der Waals surface area contributed by atoms with Gasteiger partial charge in [-0.2, -0.15) is 0 Å². The lowest BCUT2D eigenvalue weighted by Crippen LogP contribution is -2.95. The van der Waals surface area contributed by atoms with E-state index < -0.39 is 0 Å². The van der Waals surface area contributed by atoms with Crippen LogP contribution in [0.3, 0.4) is 0 Å². The Kier molecular flexibility index (Phi) is 1.88. The van der Waals surface area contributed by atoms with Gasteiger partial charge in [-0.3, -0.25) is 0 Å². The monoisotopic (exact) mass is 300 g/mol. The molecule has 0 spiro atoms. The predicted octanol–water partition coefficient (Wildman–Crippen LogP) is 6.16. The second kappa shape index (κ2) is 2.88. The Bertz CT molecular complexity index is 612. The van der Waals surface area contributed by atoms with E-state index >= 15 is 0 Å². The van der Waals surface area contributed by atoms with Crippen molar-refractivity contribution in [2.75, 3.05) is 0 Å². The molecule has 0 heterocycles. The Balaban J connectivity index is 1.83. The molecule has 0 aromatic heterocycles. The molecule has 5 saturated carbocycles. The van der Waals surface area contributed by atoms with Gasteiger partial charge in [-0.05, 0) is 74.9 Å². The van der Waals surface area contributed by atoms with E-state index in [1.807, 2.05) is 0 Å². The number of rotatable bonds is 0. The molecule has 0 aromatic rings. The first-order valence-corrected chi connectivity index (χ1v) is 9.78. The second-order valence-corrected chi connectivity index (χ2v) is 12.3. The van der Waals surface area contributed by atoms with Crippen LogP contribution in [0.1, 0.15) is 81.6 Å². The zero-order valence-electron chi connectivity index (χ0n) is 16.4. The molecule has 0 saturated heterocycles. The molecule has 5 aliphatic carbocycles. The van der Waals surface area contributed by atoms with Crippen molar-refractivity contribution in [2.24, 2.45) is 55.7 Å². The minimum Gasteiger partial charge on any atom is -0.0617 e. The molecule has 0 amide bonds. The summed E-state index contributed by atoms with van der Waals surface area (Å²) in [4.78, 5) is 0. The first-order chi connectivity index (χ1) is 9.78. The molecule has 2 bridgehead atoms. The molecule has 0 aromatic carbocycles. The summed E-state index contributed by atoms with van der Waals surface area (Å²) in [5, 5.41) is 0. The van der Waals surface area contributed by atoms with Crippen molar-refractivity contribution in [2.45, 2.75) is 81.6 Å². The van der Waals surface area contributed by atoms with E-state index in [4.69, 9.17) is 0 Å². The fourth-order valence-electron chi connectivity index (χ4n) is 11.9. The van der Waals surface area contributed by atoms with Crippen LogP contribution in [0.5, 0.6) is 0 Å². The Morgan fingerprint density at radius 2 is 1.32 bits per heavy atom. The predicted molar refractivity (Wildman–Crippen MR) is 92.4 cm³/mol. The minimum atomic E-state index is 0.510. The molecular weight excluding hydrogens is 264 g/mol. The highest BCUT2D eigenvalue weighted by atomic mass is 15.0. The van der Waals surface area contributed by atoms with Crippen molar-refractivity contribution >= 4 is 0 Å². The summed E-state index contributed by atoms with van der Waals surface area (Å²) in [5.74, 6) is 2.80. The lowest BCUT2D eigenvalue weighted by molar-refractivity contribution is -0.527. The van der Waals surface area contributed by atoms with Gasteiger partial charge in [0, 0.05) is 0 Å². The highest BCUT2D eigenvalue weighted by molar-refractivity contribution is 5.47. The maximum Gasteiger partial charge on any atom is -0.0152 e. The zero-order chi connectivity index (χ0) is 16.4. The summed E-state index contributed by atoms with van der Waals surface area (Å²) in [6.07, 6.45) is 4.45. The Morgan fingerprint density at radius 3 is 1.91 bits per heavy atom. The molecule has 0 N–H and O–H groups in total. The molecular formula is C22H36. The van der Waals surface area contributed by atoms with Gasteiger partial charge in [-0.1, -0.05) is 62.3 Å². The second-order valence-electron chi connectivity index (χ2n) is 12.3. The van der Waals surface area contributed by atoms with Crippen molar-refractivity contribution in [1.82, 2.24) is 0 Å². The molecule has 0 heteroatoms. The smallest absolute Gasteiger partial charge is 0.0152 e. The Morgan fingerprint density at radius 1 is 0.727 bits per heavy atom. The van der Waals surface area contributed by atoms with Gasteiger partial charge in [0.05, 0.1) is 0 Å². The summed E-state index contributed by atoms with van der Waals surface area (Å²) < 4.78 is 0. The van der Waals surface area contributed by atoms with Gasteiger partial charge in [-0.25, -0.2) is 0 Å². The SMILES string of the molecule is CC1C2CC3(C)C4C5(C)CC(C)(CC2(C)C)C5(C)C4(C)C13C. The van der Waals surface area contributed by atoms with Gasteiger partial charge < -0.3 is 0 Å². The van der Waals surface area contributed by atoms with Crippen LogP contribution in [0.2, 0.25) is 0 Å². The van der Waals surface area contributed by atoms with Gasteiger partial charge in [0.1, 0.15) is 0 Å². The van der Waals surface area contributed by atoms with Gasteiger partial charge in [0.15, 0.2) is 0 Å². The Hall–Kier alpha value is 0. The fraction of sp³-hybridized carbons (Fsp3) is 1.00. The van der Waals surface area contributed by atoms with Gasteiger partial charge in [0.2, 0.25) is 0 Å². The first-order valence-electron chi connectivity index (χ1n) is 9.78. The molecule has 0 aliphatic heterocycles. The summed E-state index contributed by atoms with van der Waals surface area (Å²) in [6.45, 7) is 24.0. The molecule has 0 nitrogen and oxygen atoms in total. The van der Waals surface area contributed by atoms with Gasteiger partial charge >= 0.3 is 0 Å². The van der Waals surface area contributed by atoms with Crippen LogP contribution in [-0.4, -0.2) is 0 Å². The molecule has 5 rings (SSSR count). The molecule has 9 unspecified atom stereocenters. The minimum absolute atomic E-state index is 0.510. The van der Waals surface area contributed by atoms with E-state index in [-0.39, 0.29) is 0 Å². The van der Waals surface area contributed by atoms with Crippen LogP contribution in [0.25, 0.3) is 0 Å². The summed E-state index contributed by atoms with van der Waals surface area (Å²) in [5.41, 5.74) is 4.01. The van der Waals surface area contributed by atoms with Crippen LogP contribution in [0.15, 0.2) is 0 Å². The number of hydrogen-bond donors (Lipinski definition) is 0. The van der Waals surface area contributed by atoms with Crippen molar-refractivity contribution in [3.05, 3.63) is 0 Å². The topological polar surface area (TPSA) is 0 Å². The maximum absolute atomic E-state index is 2.72. The zero-order valence-corrected chi connectivity index (χ0v) is 16.4. The van der Waals surface area contributed by atoms with Crippen molar-refractivity contribution in [3.63, 3.8) is 0 Å². The van der Waals surface area contributed by atoms with Crippen LogP contribution >= 0.6 is 0 Å². The highest BCUT2D eigenvalue weighted by Gasteiger charge is 3.00. The standard InChI is InChI=1S/C22H36/c1-13-14-10-18(5)15-19(6)12-17(4,11-16(14,2)3)22(19,9)21(15,8)20(13,18)7/h13-15H,10-12H2,1-9H3. The third-order valence-electron chi connectivity index (χ3n) is 12.3. The largest absolute Gasteiger partial charge is 0.0617 e. The van der Waals surface area contributed by atoms with Crippen molar-refractivity contribution < 1.29 is 0 Å². The summed E-state index contributed by atoms with van der Waals surface area (Å²) in [6, 6.07) is 0. The summed E-state index contributed by atoms with van der Waals surface area (Å²) in [7, 11) is 0. The van der Waals surface area contributed by atoms with Crippen molar-refractivity contribution in [1.29, 1.82) is 0 Å². The molecule has 124 valence electrons. The lowest BCUT2D eigenvalue weighted by atomic mass is 9.04. The third-order valence-corrected chi connectivity index (χ3v) is 12.3. The Labute approximate surface area is 137 Å². The normalized spacial score (nSPS) is 76.0. The van der Waals surface area contributed by atoms with E-state index in [0.29, 0.717) is 37.9 Å². The van der Waals surface area contributed by atoms with E-state index in [2.05, 4.69) is 62.3 Å². The number of fused-ring (bicyclic) bond motifs is 3. The van der Waals surface area contributed by atoms with Crippen molar-refractivity contribution in [3.8, 4) is 0 Å². The van der Waals surface area contributed by atoms with Crippen LogP contribution in [0.4, 0.5) is 0 Å². The average Bonchev–Trinajstić information content (AvgIpc) is 2.58. The molecule has 5 fully saturated rings. The lowest BCUT2D eigenvalue weighted by Gasteiger charge is -3.00. The van der Waals surface area contributed by atoms with E-state index in [9.17, 15) is 0 Å². The fourth-order valence-corrected chi connectivity index (χ4v) is 11.9. The van der Waals surface area contributed by atoms with E-state index in [1.54, 1.807) is 0 Å². The third kappa shape index (κ3) is 0.783. The summed E-state index contributed by atoms with van der Waals surface area (Å²) >= 11 is 0. The first kappa shape index (κ1) is 14.4. The number of hydrogen-bond acceptors (Lipinski definition) is 0. The van der Waals surface area contributed by atoms with Crippen LogP contribution in [0, 0.1) is 55.7 Å². The van der Waals surface area contributed by atoms with E-state index in [1.165, 1.54) is 19.3 Å². The average molecular weight is 301 g/mol. The van der Waals surface area contributed by atoms with Crippen LogP contribution in [-0.2, 0) is 0 Å². The van der Waals surface area contributed by atoms with Gasteiger partial charge in [-0.15, -0.1) is 0 Å². The molecule has 22 heavy (non-hydrogen) atoms. The maximum atomic E-state index is 2.72. The van der Waals surface area contributed by atoms with Gasteiger partial charge in [0.25, 0.3) is 0 Å². The molecule has 0 radical (unpaired) electrons. The molecule has 9 atom stereocenters. The molecule has 5 aliphatic rings. The highest BCUT2D eigenvalue weighted by Crippen LogP contribution is 3.05. The van der Waals surface area contributed by atoms with Crippen LogP contribution < -0.4 is 0 Å². The van der Waals surface area contributed by atoms with E-state index in [0.717, 1.165) is 17.8 Å².